The van der Waals surface area contributed by atoms with E-state index in [4.69, 9.17) is 4.74 Å². The molecule has 156 valence electrons. The van der Waals surface area contributed by atoms with Gasteiger partial charge >= 0.3 is 6.09 Å². The number of alkyl halides is 3. The number of amides is 2. The molecule has 0 saturated carbocycles. The van der Waals surface area contributed by atoms with Crippen molar-refractivity contribution in [1.82, 2.24) is 9.88 Å². The predicted octanol–water partition coefficient (Wildman–Crippen LogP) is 5.44. The van der Waals surface area contributed by atoms with Crippen LogP contribution in [0.3, 0.4) is 0 Å². The first-order chi connectivity index (χ1) is 12.8. The molecular weight excluding hydrogens is 551 g/mol. The molecule has 6 nitrogen and oxygen atoms in total. The highest BCUT2D eigenvalue weighted by molar-refractivity contribution is 14.1. The summed E-state index contributed by atoms with van der Waals surface area (Å²) in [5, 5.41) is 2.49. The number of rotatable bonds is 3. The van der Waals surface area contributed by atoms with Crippen molar-refractivity contribution < 1.29 is 23.1 Å². The van der Waals surface area contributed by atoms with E-state index < -0.39 is 30.1 Å². The van der Waals surface area contributed by atoms with Crippen LogP contribution in [0, 0.1) is 12.8 Å². The maximum Gasteiger partial charge on any atom is 0.411 e. The van der Waals surface area contributed by atoms with Crippen molar-refractivity contribution >= 4 is 56.3 Å². The molecule has 1 aliphatic rings. The average molecular weight is 574 g/mol. The molecule has 10 heteroatoms. The van der Waals surface area contributed by atoms with Crippen LogP contribution < -0.4 is 5.32 Å². The third kappa shape index (κ3) is 5.31. The SMILES string of the molecule is Cc1cc(Br)nc(NC(=O)[C@@H]2C[C@H](C)[C@@H](I)N2C(=O)OC(C)(C)C)c1C(F)F. The van der Waals surface area contributed by atoms with Crippen molar-refractivity contribution in [3.63, 3.8) is 0 Å². The summed E-state index contributed by atoms with van der Waals surface area (Å²) < 4.78 is 32.4. The molecule has 1 aliphatic heterocycles. The van der Waals surface area contributed by atoms with E-state index in [1.807, 2.05) is 6.92 Å². The normalized spacial score (nSPS) is 22.5. The van der Waals surface area contributed by atoms with Gasteiger partial charge in [-0.3, -0.25) is 9.69 Å². The van der Waals surface area contributed by atoms with Gasteiger partial charge in [-0.15, -0.1) is 0 Å². The lowest BCUT2D eigenvalue weighted by atomic mass is 10.1. The molecule has 3 atom stereocenters. The van der Waals surface area contributed by atoms with Crippen LogP contribution in [-0.4, -0.2) is 37.6 Å². The number of hydrogen-bond donors (Lipinski definition) is 1. The van der Waals surface area contributed by atoms with E-state index in [-0.39, 0.29) is 21.3 Å². The summed E-state index contributed by atoms with van der Waals surface area (Å²) in [4.78, 5) is 30.9. The number of nitrogens with one attached hydrogen (secondary N) is 1. The standard InChI is InChI=1S/C18H23BrF2IN3O3/c1-8-7-11(19)23-15(12(8)13(20)21)24-16(26)10-6-9(2)14(22)25(10)17(27)28-18(3,4)5/h7,9-10,13-14H,6H2,1-5H3,(H,23,24,26)/t9-,10-,14-/m0/s1. The molecule has 0 aromatic carbocycles. The van der Waals surface area contributed by atoms with Crippen molar-refractivity contribution in [3.05, 3.63) is 21.8 Å². The molecule has 0 radical (unpaired) electrons. The van der Waals surface area contributed by atoms with Gasteiger partial charge < -0.3 is 10.1 Å². The van der Waals surface area contributed by atoms with Crippen LogP contribution >= 0.6 is 38.5 Å². The largest absolute Gasteiger partial charge is 0.444 e. The second-order valence-electron chi connectivity index (χ2n) is 7.80. The van der Waals surface area contributed by atoms with Crippen molar-refractivity contribution in [2.24, 2.45) is 5.92 Å². The van der Waals surface area contributed by atoms with Gasteiger partial charge in [-0.2, -0.15) is 0 Å². The highest BCUT2D eigenvalue weighted by atomic mass is 127. The fourth-order valence-corrected chi connectivity index (χ4v) is 4.44. The Morgan fingerprint density at radius 3 is 2.57 bits per heavy atom. The van der Waals surface area contributed by atoms with Crippen LogP contribution in [0.1, 0.15) is 51.7 Å². The van der Waals surface area contributed by atoms with Gasteiger partial charge in [0.15, 0.2) is 0 Å². The van der Waals surface area contributed by atoms with E-state index in [1.165, 1.54) is 17.9 Å². The summed E-state index contributed by atoms with van der Waals surface area (Å²) in [5.74, 6) is -0.736. The quantitative estimate of drug-likeness (QED) is 0.226. The van der Waals surface area contributed by atoms with E-state index in [2.05, 4.69) is 48.8 Å². The molecule has 0 spiro atoms. The molecule has 1 aromatic heterocycles. The summed E-state index contributed by atoms with van der Waals surface area (Å²) in [6.07, 6.45) is -3.00. The van der Waals surface area contributed by atoms with E-state index in [0.29, 0.717) is 16.6 Å². The maximum atomic E-state index is 13.5. The van der Waals surface area contributed by atoms with Crippen LogP contribution in [-0.2, 0) is 9.53 Å². The molecule has 2 rings (SSSR count). The number of nitrogens with zero attached hydrogens (tertiary/aromatic N) is 2. The monoisotopic (exact) mass is 573 g/mol. The smallest absolute Gasteiger partial charge is 0.411 e. The lowest BCUT2D eigenvalue weighted by molar-refractivity contribution is -0.120. The number of pyridine rings is 1. The van der Waals surface area contributed by atoms with Gasteiger partial charge in [-0.25, -0.2) is 18.6 Å². The molecule has 1 N–H and O–H groups in total. The Labute approximate surface area is 185 Å². The highest BCUT2D eigenvalue weighted by Gasteiger charge is 2.46. The first kappa shape index (κ1) is 23.2. The number of halogens is 4. The molecule has 1 fully saturated rings. The number of aromatic nitrogens is 1. The molecule has 0 aliphatic carbocycles. The summed E-state index contributed by atoms with van der Waals surface area (Å²) >= 11 is 5.26. The third-order valence-electron chi connectivity index (χ3n) is 4.27. The first-order valence-corrected chi connectivity index (χ1v) is 10.8. The molecule has 0 bridgehead atoms. The van der Waals surface area contributed by atoms with Crippen molar-refractivity contribution in [2.75, 3.05) is 5.32 Å². The highest BCUT2D eigenvalue weighted by Crippen LogP contribution is 2.36. The Bertz CT molecular complexity index is 773. The van der Waals surface area contributed by atoms with E-state index in [0.717, 1.165) is 0 Å². The summed E-state index contributed by atoms with van der Waals surface area (Å²) in [5.41, 5.74) is -0.744. The molecular formula is C18H23BrF2IN3O3. The van der Waals surface area contributed by atoms with Crippen LogP contribution in [0.5, 0.6) is 0 Å². The van der Waals surface area contributed by atoms with Crippen molar-refractivity contribution in [3.8, 4) is 0 Å². The van der Waals surface area contributed by atoms with Crippen molar-refractivity contribution in [1.29, 1.82) is 0 Å². The summed E-state index contributed by atoms with van der Waals surface area (Å²) in [6.45, 7) is 8.67. The van der Waals surface area contributed by atoms with Gasteiger partial charge in [0.2, 0.25) is 5.91 Å². The molecule has 1 aromatic rings. The Balaban J connectivity index is 2.31. The van der Waals surface area contributed by atoms with Gasteiger partial charge in [0, 0.05) is 0 Å². The lowest BCUT2D eigenvalue weighted by Crippen LogP contribution is -2.47. The van der Waals surface area contributed by atoms with Crippen LogP contribution in [0.15, 0.2) is 10.7 Å². The van der Waals surface area contributed by atoms with Crippen LogP contribution in [0.25, 0.3) is 0 Å². The van der Waals surface area contributed by atoms with Gasteiger partial charge in [-0.1, -0.05) is 29.5 Å². The van der Waals surface area contributed by atoms with Crippen molar-refractivity contribution in [2.45, 2.75) is 63.2 Å². The Kier molecular flexibility index (Phi) is 7.27. The predicted molar refractivity (Wildman–Crippen MR) is 114 cm³/mol. The number of anilines is 1. The summed E-state index contributed by atoms with van der Waals surface area (Å²) in [6, 6.07) is 0.626. The summed E-state index contributed by atoms with van der Waals surface area (Å²) in [7, 11) is 0. The number of carbonyl (C=O) groups excluding carboxylic acids is 2. The zero-order chi connectivity index (χ0) is 21.4. The minimum absolute atomic E-state index is 0.0376. The lowest BCUT2D eigenvalue weighted by Gasteiger charge is -2.30. The maximum absolute atomic E-state index is 13.5. The Morgan fingerprint density at radius 1 is 1.43 bits per heavy atom. The van der Waals surface area contributed by atoms with Gasteiger partial charge in [0.1, 0.15) is 22.1 Å². The fourth-order valence-electron chi connectivity index (χ4n) is 3.01. The van der Waals surface area contributed by atoms with Crippen LogP contribution in [0.2, 0.25) is 0 Å². The minimum Gasteiger partial charge on any atom is -0.444 e. The van der Waals surface area contributed by atoms with Gasteiger partial charge in [-0.05, 0) is 67.6 Å². The molecule has 1 saturated heterocycles. The molecule has 2 amide bonds. The molecule has 2 heterocycles. The fraction of sp³-hybridized carbons (Fsp3) is 0.611. The Morgan fingerprint density at radius 2 is 2.04 bits per heavy atom. The average Bonchev–Trinajstić information content (AvgIpc) is 2.80. The molecule has 0 unspecified atom stereocenters. The van der Waals surface area contributed by atoms with Gasteiger partial charge in [0.25, 0.3) is 6.43 Å². The van der Waals surface area contributed by atoms with E-state index in [9.17, 15) is 18.4 Å². The van der Waals surface area contributed by atoms with E-state index >= 15 is 0 Å². The first-order valence-electron chi connectivity index (χ1n) is 8.73. The Hall–Kier alpha value is -1.04. The second-order valence-corrected chi connectivity index (χ2v) is 9.89. The number of aryl methyl sites for hydroxylation is 1. The molecule has 28 heavy (non-hydrogen) atoms. The number of carbonyl (C=O) groups is 2. The number of ether oxygens (including phenoxy) is 1. The minimum atomic E-state index is -2.79. The van der Waals surface area contributed by atoms with Gasteiger partial charge in [0.05, 0.1) is 9.61 Å². The third-order valence-corrected chi connectivity index (χ3v) is 6.50. The topological polar surface area (TPSA) is 71.5 Å². The zero-order valence-electron chi connectivity index (χ0n) is 16.2. The van der Waals surface area contributed by atoms with Crippen LogP contribution in [0.4, 0.5) is 19.4 Å². The second kappa shape index (κ2) is 8.76. The van der Waals surface area contributed by atoms with E-state index in [1.54, 1.807) is 20.8 Å². The zero-order valence-corrected chi connectivity index (χ0v) is 20.0. The number of likely N-dealkylation sites (tertiary alicyclic amines) is 1. The number of hydrogen-bond acceptors (Lipinski definition) is 4.